The van der Waals surface area contributed by atoms with Crippen LogP contribution in [0.3, 0.4) is 0 Å². The average molecular weight is 458 g/mol. The second-order valence-electron chi connectivity index (χ2n) is 8.48. The minimum Gasteiger partial charge on any atom is -0.507 e. The van der Waals surface area contributed by atoms with E-state index in [4.69, 9.17) is 9.47 Å². The molecule has 6 nitrogen and oxygen atoms in total. The van der Waals surface area contributed by atoms with Crippen molar-refractivity contribution in [1.29, 1.82) is 0 Å². The Bertz CT molecular complexity index is 1230. The van der Waals surface area contributed by atoms with Gasteiger partial charge in [0.05, 0.1) is 25.3 Å². The zero-order chi connectivity index (χ0) is 24.2. The van der Waals surface area contributed by atoms with Crippen LogP contribution in [-0.2, 0) is 9.59 Å². The lowest BCUT2D eigenvalue weighted by Gasteiger charge is -2.26. The number of carbonyl (C=O) groups is 2. The molecule has 1 N–H and O–H groups in total. The predicted octanol–water partition coefficient (Wildman–Crippen LogP) is 5.36. The molecule has 6 heteroatoms. The van der Waals surface area contributed by atoms with Gasteiger partial charge in [0.2, 0.25) is 0 Å². The number of ketones is 1. The monoisotopic (exact) mass is 457 g/mol. The third-order valence-electron chi connectivity index (χ3n) is 5.60. The molecule has 0 bridgehead atoms. The van der Waals surface area contributed by atoms with Gasteiger partial charge in [0.1, 0.15) is 17.3 Å². The van der Waals surface area contributed by atoms with Crippen LogP contribution in [-0.4, -0.2) is 30.5 Å². The second kappa shape index (κ2) is 9.83. The predicted molar refractivity (Wildman–Crippen MR) is 131 cm³/mol. The maximum Gasteiger partial charge on any atom is 0.300 e. The van der Waals surface area contributed by atoms with Crippen LogP contribution in [0.5, 0.6) is 11.5 Å². The van der Waals surface area contributed by atoms with Gasteiger partial charge in [-0.2, -0.15) is 0 Å². The Labute approximate surface area is 199 Å². The topological polar surface area (TPSA) is 76.1 Å². The van der Waals surface area contributed by atoms with Crippen molar-refractivity contribution in [2.45, 2.75) is 19.9 Å². The van der Waals surface area contributed by atoms with E-state index in [0.29, 0.717) is 40.8 Å². The first-order valence-corrected chi connectivity index (χ1v) is 11.1. The molecule has 4 rings (SSSR count). The largest absolute Gasteiger partial charge is 0.507 e. The lowest BCUT2D eigenvalue weighted by molar-refractivity contribution is -0.132. The van der Waals surface area contributed by atoms with E-state index in [2.05, 4.69) is 0 Å². The molecular weight excluding hydrogens is 430 g/mol. The number of rotatable bonds is 7. The second-order valence-corrected chi connectivity index (χ2v) is 8.48. The summed E-state index contributed by atoms with van der Waals surface area (Å²) in [6.45, 7) is 4.61. The van der Waals surface area contributed by atoms with Gasteiger partial charge in [-0.15, -0.1) is 0 Å². The fraction of sp³-hybridized carbons (Fsp3) is 0.214. The summed E-state index contributed by atoms with van der Waals surface area (Å²) in [5, 5.41) is 11.4. The van der Waals surface area contributed by atoms with Crippen LogP contribution in [0.25, 0.3) is 5.76 Å². The van der Waals surface area contributed by atoms with Crippen LogP contribution in [0.2, 0.25) is 0 Å². The van der Waals surface area contributed by atoms with Gasteiger partial charge in [-0.1, -0.05) is 62.4 Å². The molecular formula is C28H27NO5. The van der Waals surface area contributed by atoms with Gasteiger partial charge in [0.25, 0.3) is 11.7 Å². The Morgan fingerprint density at radius 2 is 1.68 bits per heavy atom. The molecule has 1 fully saturated rings. The van der Waals surface area contributed by atoms with E-state index in [9.17, 15) is 14.7 Å². The van der Waals surface area contributed by atoms with Gasteiger partial charge in [-0.3, -0.25) is 14.5 Å². The Morgan fingerprint density at radius 3 is 2.38 bits per heavy atom. The molecule has 0 aliphatic carbocycles. The van der Waals surface area contributed by atoms with Crippen LogP contribution in [0, 0.1) is 5.92 Å². The van der Waals surface area contributed by atoms with E-state index in [1.807, 2.05) is 32.0 Å². The highest BCUT2D eigenvalue weighted by molar-refractivity contribution is 6.51. The van der Waals surface area contributed by atoms with Crippen molar-refractivity contribution in [3.63, 3.8) is 0 Å². The molecule has 1 heterocycles. The van der Waals surface area contributed by atoms with Crippen molar-refractivity contribution in [3.8, 4) is 11.5 Å². The SMILES string of the molecule is COc1ccccc1C1/C(=C(/O)c2cccc(OCC(C)C)c2)C(=O)C(=O)N1c1ccccc1. The molecule has 0 saturated carbocycles. The highest BCUT2D eigenvalue weighted by Crippen LogP contribution is 2.44. The van der Waals surface area contributed by atoms with E-state index in [1.54, 1.807) is 60.7 Å². The highest BCUT2D eigenvalue weighted by Gasteiger charge is 2.47. The van der Waals surface area contributed by atoms with Gasteiger partial charge in [0, 0.05) is 16.8 Å². The molecule has 1 aliphatic heterocycles. The number of anilines is 1. The van der Waals surface area contributed by atoms with Gasteiger partial charge >= 0.3 is 0 Å². The number of amides is 1. The van der Waals surface area contributed by atoms with E-state index < -0.39 is 17.7 Å². The van der Waals surface area contributed by atoms with Crippen LogP contribution in [0.4, 0.5) is 5.69 Å². The Morgan fingerprint density at radius 1 is 0.971 bits per heavy atom. The molecule has 1 unspecified atom stereocenters. The van der Waals surface area contributed by atoms with E-state index in [-0.39, 0.29) is 11.3 Å². The third-order valence-corrected chi connectivity index (χ3v) is 5.60. The molecule has 1 saturated heterocycles. The summed E-state index contributed by atoms with van der Waals surface area (Å²) in [6.07, 6.45) is 0. The van der Waals surface area contributed by atoms with Crippen LogP contribution in [0.1, 0.15) is 31.0 Å². The number of aliphatic hydroxyl groups is 1. The van der Waals surface area contributed by atoms with Crippen molar-refractivity contribution in [1.82, 2.24) is 0 Å². The number of hydrogen-bond donors (Lipinski definition) is 1. The fourth-order valence-corrected chi connectivity index (χ4v) is 4.03. The van der Waals surface area contributed by atoms with Crippen molar-refractivity contribution >= 4 is 23.1 Å². The molecule has 1 aliphatic rings. The summed E-state index contributed by atoms with van der Waals surface area (Å²) in [5.41, 5.74) is 1.54. The molecule has 1 atom stereocenters. The van der Waals surface area contributed by atoms with Crippen LogP contribution in [0.15, 0.2) is 84.4 Å². The van der Waals surface area contributed by atoms with Crippen molar-refractivity contribution in [2.75, 3.05) is 18.6 Å². The van der Waals surface area contributed by atoms with Gasteiger partial charge in [-0.05, 0) is 36.2 Å². The molecule has 0 spiro atoms. The fourth-order valence-electron chi connectivity index (χ4n) is 4.03. The van der Waals surface area contributed by atoms with Crippen molar-refractivity contribution in [2.24, 2.45) is 5.92 Å². The molecule has 174 valence electrons. The minimum absolute atomic E-state index is 0.000590. The molecule has 0 aromatic heterocycles. The van der Waals surface area contributed by atoms with Crippen LogP contribution < -0.4 is 14.4 Å². The first-order valence-electron chi connectivity index (χ1n) is 11.1. The summed E-state index contributed by atoms with van der Waals surface area (Å²) in [5.74, 6) is -0.317. The number of ether oxygens (including phenoxy) is 2. The number of benzene rings is 3. The maximum absolute atomic E-state index is 13.3. The zero-order valence-corrected chi connectivity index (χ0v) is 19.4. The number of carbonyl (C=O) groups excluding carboxylic acids is 2. The Balaban J connectivity index is 1.89. The van der Waals surface area contributed by atoms with Gasteiger partial charge in [0.15, 0.2) is 0 Å². The zero-order valence-electron chi connectivity index (χ0n) is 19.4. The van der Waals surface area contributed by atoms with E-state index in [1.165, 1.54) is 12.0 Å². The van der Waals surface area contributed by atoms with Gasteiger partial charge in [-0.25, -0.2) is 0 Å². The van der Waals surface area contributed by atoms with E-state index >= 15 is 0 Å². The maximum atomic E-state index is 13.3. The summed E-state index contributed by atoms with van der Waals surface area (Å²) < 4.78 is 11.3. The number of Topliss-reactive ketones (excluding diaryl/α,β-unsaturated/α-hetero) is 1. The van der Waals surface area contributed by atoms with E-state index in [0.717, 1.165) is 0 Å². The number of para-hydroxylation sites is 2. The summed E-state index contributed by atoms with van der Waals surface area (Å²) >= 11 is 0. The molecule has 3 aromatic carbocycles. The van der Waals surface area contributed by atoms with Crippen molar-refractivity contribution in [3.05, 3.63) is 95.6 Å². The first-order chi connectivity index (χ1) is 16.4. The Hall–Kier alpha value is -4.06. The van der Waals surface area contributed by atoms with Gasteiger partial charge < -0.3 is 14.6 Å². The standard InChI is InChI=1S/C28H27NO5/c1-18(2)17-34-21-13-9-10-19(16-21)26(30)24-25(22-14-7-8-15-23(22)33-3)29(28(32)27(24)31)20-11-5-4-6-12-20/h4-16,18,25,30H,17H2,1-3H3/b26-24-. The molecule has 1 amide bonds. The van der Waals surface area contributed by atoms with Crippen molar-refractivity contribution < 1.29 is 24.2 Å². The first kappa shape index (κ1) is 23.1. The molecule has 0 radical (unpaired) electrons. The quantitative estimate of drug-likeness (QED) is 0.294. The average Bonchev–Trinajstić information content (AvgIpc) is 3.13. The minimum atomic E-state index is -0.862. The number of nitrogens with zero attached hydrogens (tertiary/aromatic N) is 1. The highest BCUT2D eigenvalue weighted by atomic mass is 16.5. The molecule has 3 aromatic rings. The number of methoxy groups -OCH3 is 1. The normalized spacial score (nSPS) is 17.3. The summed E-state index contributed by atoms with van der Waals surface area (Å²) in [4.78, 5) is 28.0. The number of hydrogen-bond acceptors (Lipinski definition) is 5. The Kier molecular flexibility index (Phi) is 6.68. The summed E-state index contributed by atoms with van der Waals surface area (Å²) in [7, 11) is 1.53. The molecule has 34 heavy (non-hydrogen) atoms. The lowest BCUT2D eigenvalue weighted by Crippen LogP contribution is -2.29. The van der Waals surface area contributed by atoms with Crippen LogP contribution >= 0.6 is 0 Å². The third kappa shape index (κ3) is 4.39. The summed E-state index contributed by atoms with van der Waals surface area (Å²) in [6, 6.07) is 22.2. The smallest absolute Gasteiger partial charge is 0.300 e. The number of aliphatic hydroxyl groups excluding tert-OH is 1. The lowest BCUT2D eigenvalue weighted by atomic mass is 9.94.